The Morgan fingerprint density at radius 1 is 1.20 bits per heavy atom. The number of pyridine rings is 1. The summed E-state index contributed by atoms with van der Waals surface area (Å²) in [7, 11) is 0. The zero-order chi connectivity index (χ0) is 21.3. The average molecular weight is 406 g/mol. The highest BCUT2D eigenvalue weighted by atomic mass is 16.5. The standard InChI is InChI=1S/C23H26N4O3/c1-4-30-22(29)19-20(16-8-7-12-24-14-16)27-18-10-6-5-9-17(18)25-23(27)26(21(19)28)13-11-15(2)3/h5-10,12,14-15,19-20H,4,11,13H2,1-3H3/t19-,20+/m1/s1. The summed E-state index contributed by atoms with van der Waals surface area (Å²) in [6.45, 7) is 6.68. The number of imidazole rings is 1. The lowest BCUT2D eigenvalue weighted by atomic mass is 9.90. The van der Waals surface area contributed by atoms with Gasteiger partial charge in [-0.1, -0.05) is 32.0 Å². The van der Waals surface area contributed by atoms with E-state index in [1.54, 1.807) is 24.2 Å². The van der Waals surface area contributed by atoms with E-state index >= 15 is 0 Å². The molecule has 0 saturated heterocycles. The van der Waals surface area contributed by atoms with Crippen molar-refractivity contribution < 1.29 is 14.3 Å². The van der Waals surface area contributed by atoms with Crippen LogP contribution in [0.5, 0.6) is 0 Å². The molecule has 3 aromatic rings. The Balaban J connectivity index is 1.95. The van der Waals surface area contributed by atoms with E-state index in [9.17, 15) is 9.59 Å². The molecule has 7 heteroatoms. The maximum atomic E-state index is 13.6. The van der Waals surface area contributed by atoms with Gasteiger partial charge in [0, 0.05) is 18.9 Å². The van der Waals surface area contributed by atoms with Crippen LogP contribution in [-0.2, 0) is 14.3 Å². The van der Waals surface area contributed by atoms with Crippen molar-refractivity contribution in [2.45, 2.75) is 33.2 Å². The van der Waals surface area contributed by atoms with Crippen LogP contribution in [-0.4, -0.2) is 39.6 Å². The number of fused-ring (bicyclic) bond motifs is 3. The van der Waals surface area contributed by atoms with Crippen molar-refractivity contribution in [1.82, 2.24) is 14.5 Å². The first kappa shape index (κ1) is 20.1. The molecule has 3 heterocycles. The topological polar surface area (TPSA) is 77.3 Å². The molecule has 0 N–H and O–H groups in total. The quantitative estimate of drug-likeness (QED) is 0.462. The first-order valence-electron chi connectivity index (χ1n) is 10.4. The number of hydrogen-bond acceptors (Lipinski definition) is 5. The van der Waals surface area contributed by atoms with Gasteiger partial charge in [-0.25, -0.2) is 4.98 Å². The van der Waals surface area contributed by atoms with Crippen molar-refractivity contribution in [3.8, 4) is 0 Å². The summed E-state index contributed by atoms with van der Waals surface area (Å²) in [5.74, 6) is -0.810. The van der Waals surface area contributed by atoms with Crippen LogP contribution in [0.25, 0.3) is 11.0 Å². The van der Waals surface area contributed by atoms with Gasteiger partial charge in [-0.15, -0.1) is 0 Å². The molecule has 1 amide bonds. The van der Waals surface area contributed by atoms with Crippen LogP contribution in [0.3, 0.4) is 0 Å². The highest BCUT2D eigenvalue weighted by Crippen LogP contribution is 2.41. The number of para-hydroxylation sites is 2. The van der Waals surface area contributed by atoms with E-state index < -0.39 is 17.9 Å². The first-order chi connectivity index (χ1) is 14.5. The molecule has 2 atom stereocenters. The van der Waals surface area contributed by atoms with E-state index in [0.29, 0.717) is 18.4 Å². The molecular weight excluding hydrogens is 380 g/mol. The normalized spacial score (nSPS) is 18.7. The van der Waals surface area contributed by atoms with Crippen molar-refractivity contribution in [2.75, 3.05) is 18.1 Å². The van der Waals surface area contributed by atoms with Crippen molar-refractivity contribution in [3.05, 3.63) is 54.4 Å². The Labute approximate surface area is 175 Å². The van der Waals surface area contributed by atoms with Gasteiger partial charge in [0.05, 0.1) is 23.7 Å². The number of rotatable bonds is 6. The Morgan fingerprint density at radius 2 is 2.00 bits per heavy atom. The molecular formula is C23H26N4O3. The summed E-state index contributed by atoms with van der Waals surface area (Å²) in [5.41, 5.74) is 2.43. The molecule has 0 aliphatic carbocycles. The third kappa shape index (κ3) is 3.44. The number of benzene rings is 1. The van der Waals surface area contributed by atoms with Gasteiger partial charge in [0.1, 0.15) is 0 Å². The maximum Gasteiger partial charge on any atom is 0.321 e. The summed E-state index contributed by atoms with van der Waals surface area (Å²) in [6.07, 6.45) is 4.18. The number of esters is 1. The van der Waals surface area contributed by atoms with Gasteiger partial charge in [-0.05, 0) is 43.0 Å². The zero-order valence-corrected chi connectivity index (χ0v) is 17.5. The molecule has 4 rings (SSSR count). The third-order valence-electron chi connectivity index (χ3n) is 5.44. The summed E-state index contributed by atoms with van der Waals surface area (Å²) < 4.78 is 7.34. The molecule has 7 nitrogen and oxygen atoms in total. The smallest absolute Gasteiger partial charge is 0.321 e. The molecule has 0 saturated carbocycles. The molecule has 0 spiro atoms. The van der Waals surface area contributed by atoms with Gasteiger partial charge >= 0.3 is 5.97 Å². The van der Waals surface area contributed by atoms with Gasteiger partial charge in [0.15, 0.2) is 5.92 Å². The predicted molar refractivity (Wildman–Crippen MR) is 114 cm³/mol. The second kappa shape index (κ2) is 8.26. The van der Waals surface area contributed by atoms with E-state index in [1.165, 1.54) is 0 Å². The summed E-state index contributed by atoms with van der Waals surface area (Å²) in [4.78, 5) is 37.3. The summed E-state index contributed by atoms with van der Waals surface area (Å²) in [5, 5.41) is 0. The van der Waals surface area contributed by atoms with Gasteiger partial charge in [0.2, 0.25) is 11.9 Å². The van der Waals surface area contributed by atoms with Crippen molar-refractivity contribution in [3.63, 3.8) is 0 Å². The fraction of sp³-hybridized carbons (Fsp3) is 0.391. The number of ether oxygens (including phenoxy) is 1. The summed E-state index contributed by atoms with van der Waals surface area (Å²) in [6, 6.07) is 10.9. The first-order valence-corrected chi connectivity index (χ1v) is 10.4. The van der Waals surface area contributed by atoms with Gasteiger partial charge < -0.3 is 9.30 Å². The van der Waals surface area contributed by atoms with Crippen molar-refractivity contribution in [1.29, 1.82) is 0 Å². The van der Waals surface area contributed by atoms with E-state index in [0.717, 1.165) is 23.0 Å². The lowest BCUT2D eigenvalue weighted by Gasteiger charge is -2.38. The van der Waals surface area contributed by atoms with Gasteiger partial charge in [0.25, 0.3) is 0 Å². The molecule has 0 fully saturated rings. The molecule has 1 aromatic carbocycles. The van der Waals surface area contributed by atoms with Crippen LogP contribution in [0.4, 0.5) is 5.95 Å². The molecule has 156 valence electrons. The number of nitrogens with zero attached hydrogens (tertiary/aromatic N) is 4. The molecule has 1 aliphatic heterocycles. The minimum Gasteiger partial charge on any atom is -0.465 e. The van der Waals surface area contributed by atoms with Crippen molar-refractivity contribution in [2.24, 2.45) is 11.8 Å². The Morgan fingerprint density at radius 3 is 2.70 bits per heavy atom. The minimum atomic E-state index is -0.994. The molecule has 1 aliphatic rings. The molecule has 0 unspecified atom stereocenters. The lowest BCUT2D eigenvalue weighted by Crippen LogP contribution is -2.50. The average Bonchev–Trinajstić information content (AvgIpc) is 3.12. The molecule has 2 aromatic heterocycles. The third-order valence-corrected chi connectivity index (χ3v) is 5.44. The fourth-order valence-electron chi connectivity index (χ4n) is 4.00. The highest BCUT2D eigenvalue weighted by molar-refractivity contribution is 6.08. The van der Waals surface area contributed by atoms with Crippen LogP contribution in [0.15, 0.2) is 48.8 Å². The highest BCUT2D eigenvalue weighted by Gasteiger charge is 2.47. The number of carbonyl (C=O) groups is 2. The monoisotopic (exact) mass is 406 g/mol. The summed E-state index contributed by atoms with van der Waals surface area (Å²) >= 11 is 0. The van der Waals surface area contributed by atoms with Crippen LogP contribution in [0.1, 0.15) is 38.8 Å². The van der Waals surface area contributed by atoms with E-state index in [1.807, 2.05) is 41.0 Å². The van der Waals surface area contributed by atoms with E-state index in [4.69, 9.17) is 9.72 Å². The van der Waals surface area contributed by atoms with Crippen LogP contribution in [0, 0.1) is 11.8 Å². The van der Waals surface area contributed by atoms with Crippen molar-refractivity contribution >= 4 is 28.9 Å². The second-order valence-electron chi connectivity index (χ2n) is 7.90. The number of amides is 1. The SMILES string of the molecule is CCOC(=O)[C@H]1C(=O)N(CCC(C)C)c2nc3ccccc3n2[C@H]1c1cccnc1. The lowest BCUT2D eigenvalue weighted by molar-refractivity contribution is -0.153. The number of aromatic nitrogens is 3. The number of hydrogen-bond donors (Lipinski definition) is 0. The second-order valence-corrected chi connectivity index (χ2v) is 7.90. The fourth-order valence-corrected chi connectivity index (χ4v) is 4.00. The van der Waals surface area contributed by atoms with Crippen LogP contribution >= 0.6 is 0 Å². The molecule has 0 radical (unpaired) electrons. The van der Waals surface area contributed by atoms with Gasteiger partial charge in [-0.2, -0.15) is 0 Å². The number of carbonyl (C=O) groups excluding carboxylic acids is 2. The largest absolute Gasteiger partial charge is 0.465 e. The van der Waals surface area contributed by atoms with Crippen LogP contribution < -0.4 is 4.90 Å². The molecule has 0 bridgehead atoms. The Bertz CT molecular complexity index is 1060. The Hall–Kier alpha value is -3.22. The maximum absolute atomic E-state index is 13.6. The molecule has 30 heavy (non-hydrogen) atoms. The van der Waals surface area contributed by atoms with Gasteiger partial charge in [-0.3, -0.25) is 19.5 Å². The van der Waals surface area contributed by atoms with E-state index in [-0.39, 0.29) is 12.5 Å². The predicted octanol–water partition coefficient (Wildman–Crippen LogP) is 3.59. The number of anilines is 1. The Kier molecular flexibility index (Phi) is 5.53. The van der Waals surface area contributed by atoms with E-state index in [2.05, 4.69) is 18.8 Å². The minimum absolute atomic E-state index is 0.214. The van der Waals surface area contributed by atoms with Crippen LogP contribution in [0.2, 0.25) is 0 Å². The zero-order valence-electron chi connectivity index (χ0n) is 17.5.